The van der Waals surface area contributed by atoms with E-state index in [4.69, 9.17) is 0 Å². The molecule has 1 N–H and O–H groups in total. The van der Waals surface area contributed by atoms with Gasteiger partial charge < -0.3 is 14.8 Å². The molecule has 1 aliphatic rings. The minimum Gasteiger partial charge on any atom is -0.341 e. The summed E-state index contributed by atoms with van der Waals surface area (Å²) in [7, 11) is 1.83. The molecule has 1 aliphatic heterocycles. The number of carbonyl (C=O) groups excluding carboxylic acids is 1. The first-order valence-corrected chi connectivity index (χ1v) is 7.62. The Kier molecular flexibility index (Phi) is 5.17. The first-order chi connectivity index (χ1) is 9.95. The highest BCUT2D eigenvalue weighted by Crippen LogP contribution is 2.18. The van der Waals surface area contributed by atoms with Crippen molar-refractivity contribution >= 4 is 5.91 Å². The van der Waals surface area contributed by atoms with E-state index in [9.17, 15) is 9.59 Å². The van der Waals surface area contributed by atoms with Crippen LogP contribution < -0.4 is 5.56 Å². The van der Waals surface area contributed by atoms with E-state index in [1.165, 1.54) is 12.3 Å². The lowest BCUT2D eigenvalue weighted by Crippen LogP contribution is -2.34. The lowest BCUT2D eigenvalue weighted by Gasteiger charge is -2.22. The number of carbonyl (C=O) groups is 1. The predicted molar refractivity (Wildman–Crippen MR) is 83.4 cm³/mol. The molecule has 2 heterocycles. The summed E-state index contributed by atoms with van der Waals surface area (Å²) in [6, 6.07) is 2.97. The Morgan fingerprint density at radius 3 is 2.86 bits per heavy atom. The molecular weight excluding hydrogens is 266 g/mol. The van der Waals surface area contributed by atoms with Gasteiger partial charge in [0.2, 0.25) is 5.56 Å². The lowest BCUT2D eigenvalue weighted by molar-refractivity contribution is 0.0772. The number of pyridine rings is 1. The predicted octanol–water partition coefficient (Wildman–Crippen LogP) is 1.42. The van der Waals surface area contributed by atoms with E-state index >= 15 is 0 Å². The standard InChI is InChI=1S/C16H25N3O2/c1-12(2)9-19-7-6-13(11-19)10-18(3)16(21)14-4-5-15(20)17-8-14/h4-5,8,12-13H,6-7,9-11H2,1-3H3,(H,17,20)/t13-/m0/s1. The van der Waals surface area contributed by atoms with Crippen molar-refractivity contribution in [2.45, 2.75) is 20.3 Å². The van der Waals surface area contributed by atoms with Gasteiger partial charge in [-0.25, -0.2) is 0 Å². The molecule has 1 aromatic heterocycles. The Balaban J connectivity index is 1.87. The summed E-state index contributed by atoms with van der Waals surface area (Å²) in [5, 5.41) is 0. The van der Waals surface area contributed by atoms with Crippen LogP contribution in [0.4, 0.5) is 0 Å². The zero-order valence-electron chi connectivity index (χ0n) is 13.1. The molecule has 0 unspecified atom stereocenters. The van der Waals surface area contributed by atoms with Gasteiger partial charge in [-0.2, -0.15) is 0 Å². The summed E-state index contributed by atoms with van der Waals surface area (Å²) in [6.45, 7) is 8.57. The summed E-state index contributed by atoms with van der Waals surface area (Å²) < 4.78 is 0. The van der Waals surface area contributed by atoms with Crippen molar-refractivity contribution in [3.05, 3.63) is 34.2 Å². The van der Waals surface area contributed by atoms with Gasteiger partial charge in [0.25, 0.3) is 5.91 Å². The first-order valence-electron chi connectivity index (χ1n) is 7.62. The van der Waals surface area contributed by atoms with Gasteiger partial charge in [-0.3, -0.25) is 9.59 Å². The minimum atomic E-state index is -0.186. The van der Waals surface area contributed by atoms with Crippen molar-refractivity contribution in [2.24, 2.45) is 11.8 Å². The number of hydrogen-bond acceptors (Lipinski definition) is 3. The SMILES string of the molecule is CC(C)CN1CC[C@@H](CN(C)C(=O)c2ccc(=O)[nH]c2)C1. The van der Waals surface area contributed by atoms with Crippen LogP contribution in [0, 0.1) is 11.8 Å². The van der Waals surface area contributed by atoms with E-state index in [0.29, 0.717) is 17.4 Å². The second-order valence-electron chi connectivity index (χ2n) is 6.44. The number of likely N-dealkylation sites (tertiary alicyclic amines) is 1. The topological polar surface area (TPSA) is 56.4 Å². The third-order valence-electron chi connectivity index (χ3n) is 3.90. The zero-order valence-corrected chi connectivity index (χ0v) is 13.1. The summed E-state index contributed by atoms with van der Waals surface area (Å²) >= 11 is 0. The molecule has 21 heavy (non-hydrogen) atoms. The Hall–Kier alpha value is -1.62. The van der Waals surface area contributed by atoms with Crippen molar-refractivity contribution in [1.29, 1.82) is 0 Å². The number of aromatic nitrogens is 1. The van der Waals surface area contributed by atoms with Gasteiger partial charge in [-0.15, -0.1) is 0 Å². The zero-order chi connectivity index (χ0) is 15.4. The van der Waals surface area contributed by atoms with Gasteiger partial charge in [-0.1, -0.05) is 13.8 Å². The van der Waals surface area contributed by atoms with Crippen LogP contribution in [0.25, 0.3) is 0 Å². The monoisotopic (exact) mass is 291 g/mol. The van der Waals surface area contributed by atoms with E-state index in [2.05, 4.69) is 23.7 Å². The normalized spacial score (nSPS) is 19.1. The molecule has 0 bridgehead atoms. The molecule has 116 valence electrons. The Morgan fingerprint density at radius 1 is 1.48 bits per heavy atom. The Labute approximate surface area is 126 Å². The van der Waals surface area contributed by atoms with Gasteiger partial charge >= 0.3 is 0 Å². The van der Waals surface area contributed by atoms with E-state index in [0.717, 1.165) is 32.6 Å². The van der Waals surface area contributed by atoms with Gasteiger partial charge in [0.1, 0.15) is 0 Å². The molecule has 1 saturated heterocycles. The van der Waals surface area contributed by atoms with Gasteiger partial charge in [-0.05, 0) is 30.9 Å². The maximum absolute atomic E-state index is 12.3. The largest absolute Gasteiger partial charge is 0.341 e. The molecule has 5 heteroatoms. The maximum atomic E-state index is 12.3. The molecule has 0 saturated carbocycles. The molecular formula is C16H25N3O2. The number of nitrogens with zero attached hydrogens (tertiary/aromatic N) is 2. The number of rotatable bonds is 5. The lowest BCUT2D eigenvalue weighted by atomic mass is 10.1. The second-order valence-corrected chi connectivity index (χ2v) is 6.44. The van der Waals surface area contributed by atoms with Crippen LogP contribution in [0.2, 0.25) is 0 Å². The van der Waals surface area contributed by atoms with E-state index < -0.39 is 0 Å². The van der Waals surface area contributed by atoms with Crippen LogP contribution in [0.1, 0.15) is 30.6 Å². The van der Waals surface area contributed by atoms with Crippen molar-refractivity contribution in [3.8, 4) is 0 Å². The molecule has 5 nitrogen and oxygen atoms in total. The van der Waals surface area contributed by atoms with E-state index in [-0.39, 0.29) is 11.5 Å². The van der Waals surface area contributed by atoms with Crippen LogP contribution in [-0.4, -0.2) is 53.9 Å². The van der Waals surface area contributed by atoms with Crippen LogP contribution in [0.5, 0.6) is 0 Å². The van der Waals surface area contributed by atoms with Gasteiger partial charge in [0.05, 0.1) is 5.56 Å². The average molecular weight is 291 g/mol. The van der Waals surface area contributed by atoms with E-state index in [1.54, 1.807) is 11.0 Å². The van der Waals surface area contributed by atoms with Crippen LogP contribution in [0.3, 0.4) is 0 Å². The smallest absolute Gasteiger partial charge is 0.255 e. The Morgan fingerprint density at radius 2 is 2.24 bits per heavy atom. The fourth-order valence-corrected chi connectivity index (χ4v) is 2.98. The van der Waals surface area contributed by atoms with Crippen molar-refractivity contribution < 1.29 is 4.79 Å². The van der Waals surface area contributed by atoms with Crippen LogP contribution >= 0.6 is 0 Å². The molecule has 1 fully saturated rings. The van der Waals surface area contributed by atoms with Crippen molar-refractivity contribution in [3.63, 3.8) is 0 Å². The van der Waals surface area contributed by atoms with Crippen molar-refractivity contribution in [2.75, 3.05) is 33.2 Å². The molecule has 2 rings (SSSR count). The second kappa shape index (κ2) is 6.89. The molecule has 0 aromatic carbocycles. The third kappa shape index (κ3) is 4.43. The number of aromatic amines is 1. The van der Waals surface area contributed by atoms with Crippen LogP contribution in [-0.2, 0) is 0 Å². The molecule has 0 spiro atoms. The highest BCUT2D eigenvalue weighted by molar-refractivity contribution is 5.93. The summed E-state index contributed by atoms with van der Waals surface area (Å²) in [4.78, 5) is 30.1. The number of hydrogen-bond donors (Lipinski definition) is 1. The summed E-state index contributed by atoms with van der Waals surface area (Å²) in [5.74, 6) is 1.19. The van der Waals surface area contributed by atoms with Crippen LogP contribution in [0.15, 0.2) is 23.1 Å². The average Bonchev–Trinajstić information content (AvgIpc) is 2.85. The highest BCUT2D eigenvalue weighted by Gasteiger charge is 2.25. The van der Waals surface area contributed by atoms with E-state index in [1.807, 2.05) is 7.05 Å². The number of H-pyrrole nitrogens is 1. The molecule has 1 aromatic rings. The third-order valence-corrected chi connectivity index (χ3v) is 3.90. The van der Waals surface area contributed by atoms with Gasteiger partial charge in [0.15, 0.2) is 0 Å². The minimum absolute atomic E-state index is 0.0337. The number of nitrogens with one attached hydrogen (secondary N) is 1. The quantitative estimate of drug-likeness (QED) is 0.893. The molecule has 1 amide bonds. The number of amides is 1. The van der Waals surface area contributed by atoms with Crippen molar-refractivity contribution in [1.82, 2.24) is 14.8 Å². The summed E-state index contributed by atoms with van der Waals surface area (Å²) in [5.41, 5.74) is 0.350. The fourth-order valence-electron chi connectivity index (χ4n) is 2.98. The highest BCUT2D eigenvalue weighted by atomic mass is 16.2. The molecule has 0 aliphatic carbocycles. The molecule has 0 radical (unpaired) electrons. The molecule has 1 atom stereocenters. The fraction of sp³-hybridized carbons (Fsp3) is 0.625. The maximum Gasteiger partial charge on any atom is 0.255 e. The first kappa shape index (κ1) is 15.8. The Bertz CT molecular complexity index is 518. The van der Waals surface area contributed by atoms with Gasteiger partial charge in [0, 0.05) is 38.9 Å². The summed E-state index contributed by atoms with van der Waals surface area (Å²) in [6.07, 6.45) is 2.64.